The Morgan fingerprint density at radius 3 is 2.84 bits per heavy atom. The van der Waals surface area contributed by atoms with Crippen molar-refractivity contribution < 1.29 is 4.74 Å². The zero-order chi connectivity index (χ0) is 13.1. The van der Waals surface area contributed by atoms with Crippen molar-refractivity contribution in [3.8, 4) is 0 Å². The molecule has 3 atom stereocenters. The van der Waals surface area contributed by atoms with E-state index in [1.54, 1.807) is 0 Å². The molecule has 0 aromatic heterocycles. The van der Waals surface area contributed by atoms with Crippen molar-refractivity contribution >= 4 is 0 Å². The van der Waals surface area contributed by atoms with Crippen LogP contribution in [0.2, 0.25) is 0 Å². The van der Waals surface area contributed by atoms with Gasteiger partial charge in [-0.3, -0.25) is 4.90 Å². The summed E-state index contributed by atoms with van der Waals surface area (Å²) < 4.78 is 5.66. The normalized spacial score (nSPS) is 32.6. The third-order valence-electron chi connectivity index (χ3n) is 4.60. The maximum absolute atomic E-state index is 5.66. The lowest BCUT2D eigenvalue weighted by Gasteiger charge is -2.39. The van der Waals surface area contributed by atoms with E-state index in [0.29, 0.717) is 18.2 Å². The lowest BCUT2D eigenvalue weighted by atomic mass is 10.0. The van der Waals surface area contributed by atoms with E-state index >= 15 is 0 Å². The van der Waals surface area contributed by atoms with Gasteiger partial charge in [0.25, 0.3) is 0 Å². The number of nitrogens with one attached hydrogen (secondary N) is 1. The first kappa shape index (κ1) is 13.1. The molecule has 1 aromatic carbocycles. The summed E-state index contributed by atoms with van der Waals surface area (Å²) in [4.78, 5) is 2.63. The number of ether oxygens (including phenoxy) is 1. The summed E-state index contributed by atoms with van der Waals surface area (Å²) in [6.07, 6.45) is 4.26. The van der Waals surface area contributed by atoms with Crippen molar-refractivity contribution in [3.63, 3.8) is 0 Å². The Bertz CT molecular complexity index is 395. The van der Waals surface area contributed by atoms with Crippen LogP contribution in [-0.2, 0) is 4.74 Å². The number of rotatable bonds is 3. The minimum absolute atomic E-state index is 0.439. The van der Waals surface area contributed by atoms with E-state index in [2.05, 4.69) is 40.5 Å². The van der Waals surface area contributed by atoms with E-state index in [4.69, 9.17) is 4.74 Å². The van der Waals surface area contributed by atoms with Gasteiger partial charge in [-0.1, -0.05) is 30.3 Å². The fourth-order valence-electron chi connectivity index (χ4n) is 3.58. The second kappa shape index (κ2) is 6.04. The molecule has 0 bridgehead atoms. The summed E-state index contributed by atoms with van der Waals surface area (Å²) >= 11 is 0. The first-order chi connectivity index (χ1) is 9.38. The van der Waals surface area contributed by atoms with E-state index < -0.39 is 0 Å². The van der Waals surface area contributed by atoms with Gasteiger partial charge in [0, 0.05) is 38.8 Å². The Morgan fingerprint density at radius 2 is 2.05 bits per heavy atom. The highest BCUT2D eigenvalue weighted by Crippen LogP contribution is 2.29. The Kier molecular flexibility index (Phi) is 4.16. The van der Waals surface area contributed by atoms with Crippen LogP contribution < -0.4 is 5.32 Å². The maximum atomic E-state index is 5.66. The minimum Gasteiger partial charge on any atom is -0.380 e. The van der Waals surface area contributed by atoms with Gasteiger partial charge in [0.05, 0.1) is 6.10 Å². The number of hydrogen-bond acceptors (Lipinski definition) is 3. The summed E-state index contributed by atoms with van der Waals surface area (Å²) in [5, 5.41) is 3.64. The molecule has 1 aliphatic carbocycles. The number of nitrogens with zero attached hydrogens (tertiary/aromatic N) is 1. The molecule has 19 heavy (non-hydrogen) atoms. The largest absolute Gasteiger partial charge is 0.380 e. The predicted molar refractivity (Wildman–Crippen MR) is 77.2 cm³/mol. The second-order valence-electron chi connectivity index (χ2n) is 5.68. The highest BCUT2D eigenvalue weighted by atomic mass is 16.5. The van der Waals surface area contributed by atoms with Gasteiger partial charge in [-0.2, -0.15) is 0 Å². The Morgan fingerprint density at radius 1 is 1.21 bits per heavy atom. The molecule has 3 heteroatoms. The predicted octanol–water partition coefficient (Wildman–Crippen LogP) is 2.20. The number of hydrogen-bond donors (Lipinski definition) is 1. The summed E-state index contributed by atoms with van der Waals surface area (Å²) in [5.74, 6) is 0. The van der Waals surface area contributed by atoms with E-state index in [9.17, 15) is 0 Å². The molecule has 1 aromatic rings. The summed E-state index contributed by atoms with van der Waals surface area (Å²) in [7, 11) is 1.86. The maximum Gasteiger partial charge on any atom is 0.0726 e. The molecule has 2 fully saturated rings. The van der Waals surface area contributed by atoms with E-state index in [-0.39, 0.29) is 0 Å². The van der Waals surface area contributed by atoms with Gasteiger partial charge in [-0.15, -0.1) is 0 Å². The van der Waals surface area contributed by atoms with Crippen molar-refractivity contribution in [2.24, 2.45) is 0 Å². The third kappa shape index (κ3) is 2.83. The third-order valence-corrected chi connectivity index (χ3v) is 4.60. The van der Waals surface area contributed by atoms with Gasteiger partial charge in [0.2, 0.25) is 0 Å². The van der Waals surface area contributed by atoms with Gasteiger partial charge in [-0.05, 0) is 24.8 Å². The van der Waals surface area contributed by atoms with Gasteiger partial charge >= 0.3 is 0 Å². The van der Waals surface area contributed by atoms with Crippen molar-refractivity contribution in [2.75, 3.05) is 26.7 Å². The molecule has 0 spiro atoms. The quantitative estimate of drug-likeness (QED) is 0.901. The van der Waals surface area contributed by atoms with Crippen LogP contribution in [0.15, 0.2) is 30.3 Å². The van der Waals surface area contributed by atoms with Crippen LogP contribution in [0.1, 0.15) is 30.9 Å². The molecule has 1 heterocycles. The van der Waals surface area contributed by atoms with Gasteiger partial charge in [-0.25, -0.2) is 0 Å². The van der Waals surface area contributed by atoms with Crippen molar-refractivity contribution in [2.45, 2.75) is 37.5 Å². The first-order valence-corrected chi connectivity index (χ1v) is 7.43. The number of benzene rings is 1. The highest BCUT2D eigenvalue weighted by Gasteiger charge is 2.34. The van der Waals surface area contributed by atoms with Crippen LogP contribution in [0.4, 0.5) is 0 Å². The Labute approximate surface area is 115 Å². The van der Waals surface area contributed by atoms with Crippen LogP contribution in [0.5, 0.6) is 0 Å². The van der Waals surface area contributed by atoms with Crippen LogP contribution in [0.3, 0.4) is 0 Å². The molecule has 1 aliphatic heterocycles. The van der Waals surface area contributed by atoms with Crippen molar-refractivity contribution in [1.82, 2.24) is 10.2 Å². The van der Waals surface area contributed by atoms with Crippen molar-refractivity contribution in [1.29, 1.82) is 0 Å². The molecule has 3 unspecified atom stereocenters. The molecular formula is C16H24N2O. The average molecular weight is 260 g/mol. The first-order valence-electron chi connectivity index (χ1n) is 7.43. The second-order valence-corrected chi connectivity index (χ2v) is 5.68. The number of methoxy groups -OCH3 is 1. The molecule has 0 radical (unpaired) electrons. The van der Waals surface area contributed by atoms with E-state index in [1.165, 1.54) is 24.8 Å². The molecule has 3 nitrogen and oxygen atoms in total. The van der Waals surface area contributed by atoms with Crippen LogP contribution in [0.25, 0.3) is 0 Å². The van der Waals surface area contributed by atoms with E-state index in [1.807, 2.05) is 7.11 Å². The number of piperazine rings is 1. The summed E-state index contributed by atoms with van der Waals surface area (Å²) in [5.41, 5.74) is 1.40. The van der Waals surface area contributed by atoms with Gasteiger partial charge in [0.1, 0.15) is 0 Å². The lowest BCUT2D eigenvalue weighted by Crippen LogP contribution is -2.52. The molecule has 1 saturated carbocycles. The van der Waals surface area contributed by atoms with E-state index in [0.717, 1.165) is 19.6 Å². The topological polar surface area (TPSA) is 24.5 Å². The molecular weight excluding hydrogens is 236 g/mol. The molecule has 0 amide bonds. The summed E-state index contributed by atoms with van der Waals surface area (Å²) in [6, 6.07) is 11.9. The van der Waals surface area contributed by atoms with Crippen LogP contribution in [0, 0.1) is 0 Å². The molecule has 2 aliphatic rings. The smallest absolute Gasteiger partial charge is 0.0726 e. The standard InChI is InChI=1S/C16H24N2O/c1-19-16-9-5-8-15(16)18-11-10-17-14(12-18)13-6-3-2-4-7-13/h2-4,6-7,14-17H,5,8-12H2,1H3. The van der Waals surface area contributed by atoms with Crippen LogP contribution >= 0.6 is 0 Å². The Balaban J connectivity index is 1.68. The molecule has 3 rings (SSSR count). The van der Waals surface area contributed by atoms with Crippen LogP contribution in [-0.4, -0.2) is 43.8 Å². The monoisotopic (exact) mass is 260 g/mol. The molecule has 104 valence electrons. The fourth-order valence-corrected chi connectivity index (χ4v) is 3.58. The zero-order valence-corrected chi connectivity index (χ0v) is 11.7. The highest BCUT2D eigenvalue weighted by molar-refractivity contribution is 5.20. The lowest BCUT2D eigenvalue weighted by molar-refractivity contribution is 0.0210. The minimum atomic E-state index is 0.439. The Hall–Kier alpha value is -0.900. The summed E-state index contributed by atoms with van der Waals surface area (Å²) in [6.45, 7) is 3.33. The SMILES string of the molecule is COC1CCCC1N1CCNC(c2ccccc2)C1. The fraction of sp³-hybridized carbons (Fsp3) is 0.625. The van der Waals surface area contributed by atoms with Gasteiger partial charge < -0.3 is 10.1 Å². The zero-order valence-electron chi connectivity index (χ0n) is 11.7. The molecule has 1 saturated heterocycles. The van der Waals surface area contributed by atoms with Crippen molar-refractivity contribution in [3.05, 3.63) is 35.9 Å². The average Bonchev–Trinajstić information content (AvgIpc) is 2.97. The van der Waals surface area contributed by atoms with Gasteiger partial charge in [0.15, 0.2) is 0 Å². The molecule has 1 N–H and O–H groups in total.